The maximum Gasteiger partial charge on any atom is 0.186 e. The van der Waals surface area contributed by atoms with Crippen molar-refractivity contribution in [2.45, 2.75) is 13.3 Å². The topological polar surface area (TPSA) is 36.4 Å². The molecule has 1 rings (SSSR count). The average Bonchev–Trinajstić information content (AvgIpc) is 2.33. The van der Waals surface area contributed by atoms with Gasteiger partial charge in [0.25, 0.3) is 0 Å². The van der Waals surface area contributed by atoms with Crippen molar-refractivity contribution in [2.24, 2.45) is 5.10 Å². The van der Waals surface area contributed by atoms with Crippen LogP contribution in [0.25, 0.3) is 0 Å². The van der Waals surface area contributed by atoms with E-state index in [1.165, 1.54) is 0 Å². The third-order valence-corrected chi connectivity index (χ3v) is 3.14. The number of nitrogens with zero attached hydrogens (tertiary/aromatic N) is 1. The summed E-state index contributed by atoms with van der Waals surface area (Å²) in [6.45, 7) is 2.01. The second-order valence-electron chi connectivity index (χ2n) is 3.23. The summed E-state index contributed by atoms with van der Waals surface area (Å²) >= 11 is 16.8. The van der Waals surface area contributed by atoms with Crippen LogP contribution in [0.3, 0.4) is 0 Å². The van der Waals surface area contributed by atoms with Crippen LogP contribution in [0.4, 0.5) is 0 Å². The van der Waals surface area contributed by atoms with Gasteiger partial charge in [0.2, 0.25) is 0 Å². The zero-order chi connectivity index (χ0) is 12.8. The zero-order valence-electron chi connectivity index (χ0n) is 9.55. The number of thiocarbonyl (C=S) groups is 1. The predicted molar refractivity (Wildman–Crippen MR) is 78.1 cm³/mol. The first-order valence-corrected chi connectivity index (χ1v) is 6.24. The number of hydrazone groups is 1. The molecular weight excluding hydrogens is 277 g/mol. The van der Waals surface area contributed by atoms with E-state index in [4.69, 9.17) is 35.4 Å². The van der Waals surface area contributed by atoms with Crippen molar-refractivity contribution in [1.29, 1.82) is 0 Å². The fourth-order valence-corrected chi connectivity index (χ4v) is 1.54. The first-order valence-electron chi connectivity index (χ1n) is 5.08. The van der Waals surface area contributed by atoms with Crippen LogP contribution in [-0.4, -0.2) is 17.9 Å². The molecule has 0 aliphatic carbocycles. The van der Waals surface area contributed by atoms with Crippen molar-refractivity contribution in [1.82, 2.24) is 10.7 Å². The molecule has 0 aromatic heterocycles. The molecule has 17 heavy (non-hydrogen) atoms. The lowest BCUT2D eigenvalue weighted by atomic mass is 10.1. The second-order valence-corrected chi connectivity index (χ2v) is 4.45. The van der Waals surface area contributed by atoms with Gasteiger partial charge < -0.3 is 5.32 Å². The van der Waals surface area contributed by atoms with E-state index in [0.29, 0.717) is 15.2 Å². The highest BCUT2D eigenvalue weighted by Crippen LogP contribution is 2.23. The SMILES string of the molecule is CC/C(=N\NC(=S)NC)c1ccc(Cl)c(Cl)c1. The van der Waals surface area contributed by atoms with Gasteiger partial charge in [-0.05, 0) is 36.3 Å². The molecule has 0 radical (unpaired) electrons. The van der Waals surface area contributed by atoms with Gasteiger partial charge in [0, 0.05) is 7.05 Å². The lowest BCUT2D eigenvalue weighted by molar-refractivity contribution is 0.965. The maximum atomic E-state index is 5.96. The number of hydrogen-bond donors (Lipinski definition) is 2. The van der Waals surface area contributed by atoms with E-state index in [1.807, 2.05) is 13.0 Å². The number of nitrogens with one attached hydrogen (secondary N) is 2. The summed E-state index contributed by atoms with van der Waals surface area (Å²) in [6, 6.07) is 5.41. The first-order chi connectivity index (χ1) is 8.08. The zero-order valence-corrected chi connectivity index (χ0v) is 11.9. The van der Waals surface area contributed by atoms with Crippen LogP contribution in [0.5, 0.6) is 0 Å². The molecule has 0 spiro atoms. The van der Waals surface area contributed by atoms with Gasteiger partial charge in [-0.2, -0.15) is 5.10 Å². The van der Waals surface area contributed by atoms with Crippen molar-refractivity contribution in [2.75, 3.05) is 7.05 Å². The van der Waals surface area contributed by atoms with E-state index in [9.17, 15) is 0 Å². The maximum absolute atomic E-state index is 5.96. The summed E-state index contributed by atoms with van der Waals surface area (Å²) in [6.07, 6.45) is 0.761. The van der Waals surface area contributed by atoms with Crippen LogP contribution in [0.2, 0.25) is 10.0 Å². The fraction of sp³-hybridized carbons (Fsp3) is 0.273. The molecule has 0 atom stereocenters. The van der Waals surface area contributed by atoms with E-state index in [2.05, 4.69) is 15.8 Å². The molecule has 0 aliphatic heterocycles. The monoisotopic (exact) mass is 289 g/mol. The Kier molecular flexibility index (Phi) is 5.68. The molecule has 0 saturated heterocycles. The molecule has 2 N–H and O–H groups in total. The summed E-state index contributed by atoms with van der Waals surface area (Å²) in [4.78, 5) is 0. The van der Waals surface area contributed by atoms with Crippen LogP contribution in [0.15, 0.2) is 23.3 Å². The molecule has 92 valence electrons. The predicted octanol–water partition coefficient (Wildman–Crippen LogP) is 3.20. The highest BCUT2D eigenvalue weighted by Gasteiger charge is 2.05. The fourth-order valence-electron chi connectivity index (χ4n) is 1.20. The van der Waals surface area contributed by atoms with E-state index >= 15 is 0 Å². The summed E-state index contributed by atoms with van der Waals surface area (Å²) in [5.41, 5.74) is 4.53. The molecule has 0 heterocycles. The Bertz CT molecular complexity index is 446. The number of benzene rings is 1. The van der Waals surface area contributed by atoms with E-state index in [-0.39, 0.29) is 0 Å². The molecule has 0 fully saturated rings. The summed E-state index contributed by atoms with van der Waals surface area (Å²) in [7, 11) is 1.73. The highest BCUT2D eigenvalue weighted by atomic mass is 35.5. The number of hydrogen-bond acceptors (Lipinski definition) is 2. The molecule has 0 saturated carbocycles. The van der Waals surface area contributed by atoms with Crippen molar-refractivity contribution in [3.8, 4) is 0 Å². The van der Waals surface area contributed by atoms with Crippen LogP contribution >= 0.6 is 35.4 Å². The average molecular weight is 290 g/mol. The summed E-state index contributed by atoms with van der Waals surface area (Å²) in [5.74, 6) is 0. The minimum atomic E-state index is 0.469. The standard InChI is InChI=1S/C11H13Cl2N3S/c1-3-10(15-16-11(17)14-2)7-4-5-8(12)9(13)6-7/h4-6H,3H2,1-2H3,(H2,14,16,17)/b15-10+. The van der Waals surface area contributed by atoms with Gasteiger partial charge in [0.15, 0.2) is 5.11 Å². The van der Waals surface area contributed by atoms with Gasteiger partial charge >= 0.3 is 0 Å². The highest BCUT2D eigenvalue weighted by molar-refractivity contribution is 7.80. The van der Waals surface area contributed by atoms with Crippen molar-refractivity contribution >= 4 is 46.2 Å². The van der Waals surface area contributed by atoms with Crippen LogP contribution in [-0.2, 0) is 0 Å². The normalized spacial score (nSPS) is 11.2. The lowest BCUT2D eigenvalue weighted by Crippen LogP contribution is -2.29. The molecule has 0 aliphatic rings. The molecular formula is C11H13Cl2N3S. The minimum absolute atomic E-state index is 0.469. The molecule has 3 nitrogen and oxygen atoms in total. The van der Waals surface area contributed by atoms with Crippen LogP contribution < -0.4 is 10.7 Å². The number of rotatable bonds is 3. The Hall–Kier alpha value is -0.840. The second kappa shape index (κ2) is 6.79. The Morgan fingerprint density at radius 3 is 2.59 bits per heavy atom. The third-order valence-electron chi connectivity index (χ3n) is 2.11. The van der Waals surface area contributed by atoms with Crippen LogP contribution in [0.1, 0.15) is 18.9 Å². The van der Waals surface area contributed by atoms with Gasteiger partial charge in [-0.25, -0.2) is 0 Å². The van der Waals surface area contributed by atoms with Crippen molar-refractivity contribution in [3.63, 3.8) is 0 Å². The molecule has 1 aromatic carbocycles. The van der Waals surface area contributed by atoms with Gasteiger partial charge in [0.05, 0.1) is 15.8 Å². The minimum Gasteiger partial charge on any atom is -0.364 e. The summed E-state index contributed by atoms with van der Waals surface area (Å²) in [5, 5.41) is 8.51. The largest absolute Gasteiger partial charge is 0.364 e. The molecule has 0 unspecified atom stereocenters. The summed E-state index contributed by atoms with van der Waals surface area (Å²) < 4.78 is 0. The van der Waals surface area contributed by atoms with Crippen LogP contribution in [0, 0.1) is 0 Å². The lowest BCUT2D eigenvalue weighted by Gasteiger charge is -2.07. The molecule has 0 bridgehead atoms. The Morgan fingerprint density at radius 2 is 2.06 bits per heavy atom. The quantitative estimate of drug-likeness (QED) is 0.510. The van der Waals surface area contributed by atoms with Gasteiger partial charge in [0.1, 0.15) is 0 Å². The van der Waals surface area contributed by atoms with E-state index < -0.39 is 0 Å². The van der Waals surface area contributed by atoms with Gasteiger partial charge in [-0.3, -0.25) is 5.43 Å². The van der Waals surface area contributed by atoms with Gasteiger partial charge in [-0.15, -0.1) is 0 Å². The molecule has 6 heteroatoms. The Labute approximate surface area is 116 Å². The van der Waals surface area contributed by atoms with E-state index in [1.54, 1.807) is 19.2 Å². The van der Waals surface area contributed by atoms with E-state index in [0.717, 1.165) is 17.7 Å². The van der Waals surface area contributed by atoms with Gasteiger partial charge in [-0.1, -0.05) is 36.2 Å². The Morgan fingerprint density at radius 1 is 1.35 bits per heavy atom. The Balaban J connectivity index is 2.93. The smallest absolute Gasteiger partial charge is 0.186 e. The first kappa shape index (κ1) is 14.2. The van der Waals surface area contributed by atoms with Crippen molar-refractivity contribution in [3.05, 3.63) is 33.8 Å². The molecule has 0 amide bonds. The third kappa shape index (κ3) is 4.15. The van der Waals surface area contributed by atoms with Crippen molar-refractivity contribution < 1.29 is 0 Å². The molecule has 1 aromatic rings. The number of halogens is 2.